The van der Waals surface area contributed by atoms with Crippen molar-refractivity contribution in [3.8, 4) is 0 Å². The van der Waals surface area contributed by atoms with E-state index in [-0.39, 0.29) is 5.57 Å². The van der Waals surface area contributed by atoms with Gasteiger partial charge in [0, 0.05) is 6.92 Å². The molecule has 0 N–H and O–H groups in total. The molecule has 0 saturated heterocycles. The Morgan fingerprint density at radius 2 is 2.00 bits per heavy atom. The number of carbonyl (C=O) groups excluding carboxylic acids is 2. The lowest BCUT2D eigenvalue weighted by Crippen LogP contribution is -2.23. The molecule has 0 unspecified atom stereocenters. The molecule has 4 heteroatoms. The summed E-state index contributed by atoms with van der Waals surface area (Å²) in [4.78, 5) is 21.6. The number of hydrogen-bond acceptors (Lipinski definition) is 4. The highest BCUT2D eigenvalue weighted by Crippen LogP contribution is 2.10. The van der Waals surface area contributed by atoms with Crippen LogP contribution in [0.25, 0.3) is 0 Å². The highest BCUT2D eigenvalue weighted by molar-refractivity contribution is 5.89. The van der Waals surface area contributed by atoms with Gasteiger partial charge in [0.25, 0.3) is 0 Å². The fraction of sp³-hybridized carbons (Fsp3) is 0.556. The van der Waals surface area contributed by atoms with Gasteiger partial charge in [-0.25, -0.2) is 4.79 Å². The minimum Gasteiger partial charge on any atom is -0.466 e. The zero-order chi connectivity index (χ0) is 10.4. The molecule has 0 spiro atoms. The SMILES string of the molecule is C=C(C(=O)OC)[C@@H](CC)OC(C)=O. The minimum absolute atomic E-state index is 0.167. The third-order valence-corrected chi connectivity index (χ3v) is 1.52. The first-order valence-corrected chi connectivity index (χ1v) is 3.97. The van der Waals surface area contributed by atoms with E-state index in [4.69, 9.17) is 4.74 Å². The van der Waals surface area contributed by atoms with E-state index in [9.17, 15) is 9.59 Å². The van der Waals surface area contributed by atoms with Crippen LogP contribution in [0.1, 0.15) is 20.3 Å². The van der Waals surface area contributed by atoms with Crippen molar-refractivity contribution < 1.29 is 19.1 Å². The van der Waals surface area contributed by atoms with Gasteiger partial charge >= 0.3 is 11.9 Å². The standard InChI is InChI=1S/C9H14O4/c1-5-8(13-7(3)10)6(2)9(11)12-4/h8H,2,5H2,1,3-4H3/t8-/m1/s1. The predicted octanol–water partition coefficient (Wildman–Crippen LogP) is 1.06. The summed E-state index contributed by atoms with van der Waals surface area (Å²) < 4.78 is 9.29. The number of ether oxygens (including phenoxy) is 2. The Balaban J connectivity index is 4.31. The molecule has 4 nitrogen and oxygen atoms in total. The van der Waals surface area contributed by atoms with Crippen LogP contribution in [0.2, 0.25) is 0 Å². The topological polar surface area (TPSA) is 52.6 Å². The molecule has 0 amide bonds. The lowest BCUT2D eigenvalue weighted by Gasteiger charge is -2.15. The second-order valence-electron chi connectivity index (χ2n) is 2.52. The summed E-state index contributed by atoms with van der Waals surface area (Å²) in [7, 11) is 1.26. The number of carbonyl (C=O) groups is 2. The first-order chi connectivity index (χ1) is 6.02. The largest absolute Gasteiger partial charge is 0.466 e. The van der Waals surface area contributed by atoms with Crippen LogP contribution in [-0.2, 0) is 19.1 Å². The van der Waals surface area contributed by atoms with Crippen molar-refractivity contribution in [3.63, 3.8) is 0 Å². The summed E-state index contributed by atoms with van der Waals surface area (Å²) >= 11 is 0. The van der Waals surface area contributed by atoms with Crippen LogP contribution in [-0.4, -0.2) is 25.2 Å². The quantitative estimate of drug-likeness (QED) is 0.486. The summed E-state index contributed by atoms with van der Waals surface area (Å²) in [5.74, 6) is -0.981. The monoisotopic (exact) mass is 186 g/mol. The molecule has 0 aromatic carbocycles. The maximum Gasteiger partial charge on any atom is 0.336 e. The molecule has 0 heterocycles. The van der Waals surface area contributed by atoms with Crippen molar-refractivity contribution in [1.29, 1.82) is 0 Å². The maximum absolute atomic E-state index is 11.0. The zero-order valence-corrected chi connectivity index (χ0v) is 8.12. The lowest BCUT2D eigenvalue weighted by molar-refractivity contribution is -0.147. The fourth-order valence-corrected chi connectivity index (χ4v) is 0.864. The van der Waals surface area contributed by atoms with E-state index in [0.717, 1.165) is 0 Å². The summed E-state index contributed by atoms with van der Waals surface area (Å²) in [6, 6.07) is 0. The minimum atomic E-state index is -0.579. The summed E-state index contributed by atoms with van der Waals surface area (Å²) in [5.41, 5.74) is 0.167. The fourth-order valence-electron chi connectivity index (χ4n) is 0.864. The molecular weight excluding hydrogens is 172 g/mol. The molecule has 74 valence electrons. The molecule has 13 heavy (non-hydrogen) atoms. The first-order valence-electron chi connectivity index (χ1n) is 3.97. The van der Waals surface area contributed by atoms with E-state index < -0.39 is 18.0 Å². The van der Waals surface area contributed by atoms with E-state index in [0.29, 0.717) is 6.42 Å². The number of methoxy groups -OCH3 is 1. The van der Waals surface area contributed by atoms with Crippen LogP contribution in [0.3, 0.4) is 0 Å². The van der Waals surface area contributed by atoms with Crippen molar-refractivity contribution in [3.05, 3.63) is 12.2 Å². The normalized spacial score (nSPS) is 11.6. The Labute approximate surface area is 77.5 Å². The molecular formula is C9H14O4. The molecule has 0 radical (unpaired) electrons. The van der Waals surface area contributed by atoms with Crippen molar-refractivity contribution in [1.82, 2.24) is 0 Å². The third kappa shape index (κ3) is 3.73. The molecule has 0 rings (SSSR count). The molecule has 0 bridgehead atoms. The van der Waals surface area contributed by atoms with Crippen molar-refractivity contribution in [2.45, 2.75) is 26.4 Å². The Morgan fingerprint density at radius 3 is 2.31 bits per heavy atom. The Morgan fingerprint density at radius 1 is 1.46 bits per heavy atom. The van der Waals surface area contributed by atoms with Gasteiger partial charge in [-0.3, -0.25) is 4.79 Å². The molecule has 0 aromatic rings. The van der Waals surface area contributed by atoms with Gasteiger partial charge in [0.2, 0.25) is 0 Å². The van der Waals surface area contributed by atoms with Gasteiger partial charge in [-0.05, 0) is 6.42 Å². The van der Waals surface area contributed by atoms with Crippen LogP contribution in [0.15, 0.2) is 12.2 Å². The molecule has 0 aliphatic carbocycles. The Kier molecular flexibility index (Phi) is 4.80. The van der Waals surface area contributed by atoms with Crippen molar-refractivity contribution >= 4 is 11.9 Å². The first kappa shape index (κ1) is 11.7. The highest BCUT2D eigenvalue weighted by Gasteiger charge is 2.20. The predicted molar refractivity (Wildman–Crippen MR) is 47.0 cm³/mol. The average Bonchev–Trinajstić information content (AvgIpc) is 2.11. The molecule has 0 aromatic heterocycles. The van der Waals surface area contributed by atoms with Crippen LogP contribution in [0, 0.1) is 0 Å². The smallest absolute Gasteiger partial charge is 0.336 e. The third-order valence-electron chi connectivity index (χ3n) is 1.52. The lowest BCUT2D eigenvalue weighted by atomic mass is 10.1. The number of hydrogen-bond donors (Lipinski definition) is 0. The van der Waals surface area contributed by atoms with E-state index >= 15 is 0 Å². The number of rotatable bonds is 4. The summed E-state index contributed by atoms with van der Waals surface area (Å²) in [5, 5.41) is 0. The van der Waals surface area contributed by atoms with Gasteiger partial charge in [-0.15, -0.1) is 0 Å². The summed E-state index contributed by atoms with van der Waals surface area (Å²) in [6.45, 7) is 6.58. The van der Waals surface area contributed by atoms with Crippen LogP contribution in [0.4, 0.5) is 0 Å². The second kappa shape index (κ2) is 5.35. The van der Waals surface area contributed by atoms with E-state index in [1.165, 1.54) is 14.0 Å². The van der Waals surface area contributed by atoms with Gasteiger partial charge in [0.1, 0.15) is 6.10 Å². The van der Waals surface area contributed by atoms with Gasteiger partial charge in [-0.1, -0.05) is 13.5 Å². The second-order valence-corrected chi connectivity index (χ2v) is 2.52. The van der Waals surface area contributed by atoms with Crippen LogP contribution < -0.4 is 0 Å². The Bertz CT molecular complexity index is 220. The van der Waals surface area contributed by atoms with Gasteiger partial charge in [0.15, 0.2) is 0 Å². The van der Waals surface area contributed by atoms with Crippen LogP contribution in [0.5, 0.6) is 0 Å². The Hall–Kier alpha value is -1.32. The average molecular weight is 186 g/mol. The molecule has 0 saturated carbocycles. The highest BCUT2D eigenvalue weighted by atomic mass is 16.6. The molecule has 0 aliphatic rings. The number of esters is 2. The van der Waals surface area contributed by atoms with E-state index in [1.807, 2.05) is 0 Å². The molecule has 1 atom stereocenters. The summed E-state index contributed by atoms with van der Waals surface area (Å²) in [6.07, 6.45) is -0.0713. The van der Waals surface area contributed by atoms with Gasteiger partial charge in [-0.2, -0.15) is 0 Å². The maximum atomic E-state index is 11.0. The van der Waals surface area contributed by atoms with E-state index in [1.54, 1.807) is 6.92 Å². The zero-order valence-electron chi connectivity index (χ0n) is 8.12. The molecule has 0 aliphatic heterocycles. The van der Waals surface area contributed by atoms with Gasteiger partial charge < -0.3 is 9.47 Å². The van der Waals surface area contributed by atoms with Crippen molar-refractivity contribution in [2.75, 3.05) is 7.11 Å². The van der Waals surface area contributed by atoms with Crippen molar-refractivity contribution in [2.24, 2.45) is 0 Å². The van der Waals surface area contributed by atoms with Gasteiger partial charge in [0.05, 0.1) is 12.7 Å². The molecule has 0 fully saturated rings. The van der Waals surface area contributed by atoms with E-state index in [2.05, 4.69) is 11.3 Å². The van der Waals surface area contributed by atoms with Crippen LogP contribution >= 0.6 is 0 Å².